The van der Waals surface area contributed by atoms with Crippen molar-refractivity contribution >= 4 is 23.7 Å². The quantitative estimate of drug-likeness (QED) is 0.456. The second-order valence-electron chi connectivity index (χ2n) is 12.6. The first-order valence-electron chi connectivity index (χ1n) is 14.5. The Hall–Kier alpha value is -2.68. The molecule has 9 heteroatoms. The number of hydrogen-bond donors (Lipinski definition) is 1. The summed E-state index contributed by atoms with van der Waals surface area (Å²) < 4.78 is 11.2. The number of aromatic nitrogens is 1. The van der Waals surface area contributed by atoms with Crippen molar-refractivity contribution in [3.8, 4) is 0 Å². The summed E-state index contributed by atoms with van der Waals surface area (Å²) in [4.78, 5) is 48.6. The van der Waals surface area contributed by atoms with Gasteiger partial charge in [-0.15, -0.1) is 0 Å². The monoisotopic (exact) mass is 544 g/mol. The topological polar surface area (TPSA) is 101 Å². The number of nitrogens with zero attached hydrogens (tertiary/aromatic N) is 3. The third-order valence-corrected chi connectivity index (χ3v) is 7.29. The summed E-state index contributed by atoms with van der Waals surface area (Å²) in [6.45, 7) is 17.0. The highest BCUT2D eigenvalue weighted by atomic mass is 16.6. The van der Waals surface area contributed by atoms with Crippen molar-refractivity contribution in [3.05, 3.63) is 23.9 Å². The molecule has 2 heterocycles. The summed E-state index contributed by atoms with van der Waals surface area (Å²) in [5, 5.41) is 3.12. The van der Waals surface area contributed by atoms with Gasteiger partial charge in [-0.1, -0.05) is 33.8 Å². The van der Waals surface area contributed by atoms with Crippen LogP contribution in [0, 0.1) is 17.8 Å². The molecule has 3 amide bonds. The molecule has 1 N–H and O–H groups in total. The molecule has 1 aromatic heterocycles. The van der Waals surface area contributed by atoms with Crippen LogP contribution in [0.25, 0.3) is 0 Å². The van der Waals surface area contributed by atoms with Crippen LogP contribution in [0.2, 0.25) is 0 Å². The number of carbonyl (C=O) groups is 3. The standard InChI is InChI=1S/C30H48N4O5/c1-9-38-18-25(20(4)5)32-27(35)22-14-23(17-33(16-22)29(37)39-30(6,7)8)28(36)34(24-11-12-24)26-13-10-21(15-31-26)19(2)3/h10,13,15,19-20,22-25H,9,11-12,14,16-18H2,1-8H3,(H,32,35)/t22-,23+,25-/m0/s1. The van der Waals surface area contributed by atoms with Gasteiger partial charge >= 0.3 is 6.09 Å². The average Bonchev–Trinajstić information content (AvgIpc) is 3.70. The third kappa shape index (κ3) is 8.65. The smallest absolute Gasteiger partial charge is 0.410 e. The van der Waals surface area contributed by atoms with E-state index in [0.717, 1.165) is 18.4 Å². The second kappa shape index (κ2) is 13.1. The van der Waals surface area contributed by atoms with Gasteiger partial charge in [-0.3, -0.25) is 14.5 Å². The van der Waals surface area contributed by atoms with Gasteiger partial charge < -0.3 is 19.7 Å². The number of hydrogen-bond acceptors (Lipinski definition) is 6. The fourth-order valence-corrected chi connectivity index (χ4v) is 4.78. The van der Waals surface area contributed by atoms with Crippen LogP contribution in [0.15, 0.2) is 18.3 Å². The van der Waals surface area contributed by atoms with Crippen molar-refractivity contribution in [2.45, 2.75) is 98.3 Å². The van der Waals surface area contributed by atoms with Gasteiger partial charge in [-0.05, 0) is 70.4 Å². The van der Waals surface area contributed by atoms with E-state index in [2.05, 4.69) is 24.1 Å². The molecule has 0 radical (unpaired) electrons. The molecule has 1 saturated carbocycles. The first-order valence-corrected chi connectivity index (χ1v) is 14.5. The molecule has 0 unspecified atom stereocenters. The molecule has 2 aliphatic rings. The number of pyridine rings is 1. The lowest BCUT2D eigenvalue weighted by Crippen LogP contribution is -2.55. The number of piperidine rings is 1. The van der Waals surface area contributed by atoms with Crippen LogP contribution < -0.4 is 10.2 Å². The minimum Gasteiger partial charge on any atom is -0.444 e. The Bertz CT molecular complexity index is 984. The summed E-state index contributed by atoms with van der Waals surface area (Å²) in [6, 6.07) is 3.86. The number of nitrogens with one attached hydrogen (secondary N) is 1. The first kappa shape index (κ1) is 30.9. The van der Waals surface area contributed by atoms with E-state index in [1.54, 1.807) is 4.90 Å². The zero-order chi connectivity index (χ0) is 28.9. The molecular weight excluding hydrogens is 496 g/mol. The molecule has 1 saturated heterocycles. The number of anilines is 1. The number of likely N-dealkylation sites (tertiary alicyclic amines) is 1. The van der Waals surface area contributed by atoms with Crippen LogP contribution in [0.1, 0.15) is 86.1 Å². The van der Waals surface area contributed by atoms with Gasteiger partial charge in [0.2, 0.25) is 11.8 Å². The molecule has 3 rings (SSSR count). The summed E-state index contributed by atoms with van der Waals surface area (Å²) in [7, 11) is 0. The van der Waals surface area contributed by atoms with Crippen LogP contribution in [0.4, 0.5) is 10.6 Å². The number of ether oxygens (including phenoxy) is 2. The largest absolute Gasteiger partial charge is 0.444 e. The summed E-state index contributed by atoms with van der Waals surface area (Å²) in [5.41, 5.74) is 0.424. The van der Waals surface area contributed by atoms with E-state index in [1.807, 2.05) is 59.9 Å². The Labute approximate surface area is 234 Å². The summed E-state index contributed by atoms with van der Waals surface area (Å²) in [5.74, 6) is -0.208. The van der Waals surface area contributed by atoms with E-state index < -0.39 is 23.5 Å². The zero-order valence-electron chi connectivity index (χ0n) is 25.0. The van der Waals surface area contributed by atoms with Gasteiger partial charge in [0.05, 0.1) is 24.5 Å². The van der Waals surface area contributed by atoms with Crippen LogP contribution in [0.3, 0.4) is 0 Å². The van der Waals surface area contributed by atoms with Gasteiger partial charge in [0.25, 0.3) is 0 Å². The van der Waals surface area contributed by atoms with Crippen LogP contribution in [-0.4, -0.2) is 71.8 Å². The lowest BCUT2D eigenvalue weighted by atomic mass is 9.87. The predicted octanol–water partition coefficient (Wildman–Crippen LogP) is 4.75. The molecule has 3 atom stereocenters. The Morgan fingerprint density at radius 2 is 1.77 bits per heavy atom. The SMILES string of the molecule is CCOC[C@H](NC(=O)[C@H]1C[C@@H](C(=O)N(c2ccc(C(C)C)cn2)C2CC2)CN(C(=O)OC(C)(C)C)C1)C(C)C. The zero-order valence-corrected chi connectivity index (χ0v) is 25.0. The average molecular weight is 545 g/mol. The minimum atomic E-state index is -0.686. The highest BCUT2D eigenvalue weighted by Crippen LogP contribution is 2.35. The summed E-state index contributed by atoms with van der Waals surface area (Å²) >= 11 is 0. The maximum Gasteiger partial charge on any atom is 0.410 e. The van der Waals surface area contributed by atoms with E-state index in [1.165, 1.54) is 4.90 Å². The number of rotatable bonds is 10. The van der Waals surface area contributed by atoms with Crippen LogP contribution in [-0.2, 0) is 19.1 Å². The molecule has 2 fully saturated rings. The molecule has 218 valence electrons. The molecule has 39 heavy (non-hydrogen) atoms. The normalized spacial score (nSPS) is 20.6. The molecule has 1 aliphatic heterocycles. The molecule has 1 aliphatic carbocycles. The van der Waals surface area contributed by atoms with E-state index in [9.17, 15) is 14.4 Å². The third-order valence-electron chi connectivity index (χ3n) is 7.29. The highest BCUT2D eigenvalue weighted by molar-refractivity contribution is 5.96. The Kier molecular flexibility index (Phi) is 10.4. The maximum atomic E-state index is 14.0. The van der Waals surface area contributed by atoms with Crippen LogP contribution >= 0.6 is 0 Å². The Morgan fingerprint density at radius 3 is 2.28 bits per heavy atom. The van der Waals surface area contributed by atoms with Crippen molar-refractivity contribution in [3.63, 3.8) is 0 Å². The van der Waals surface area contributed by atoms with E-state index in [-0.39, 0.29) is 42.9 Å². The van der Waals surface area contributed by atoms with Gasteiger partial charge in [0.15, 0.2) is 0 Å². The Morgan fingerprint density at radius 1 is 1.10 bits per heavy atom. The van der Waals surface area contributed by atoms with Gasteiger partial charge in [-0.2, -0.15) is 0 Å². The number of carbonyl (C=O) groups excluding carboxylic acids is 3. The fraction of sp³-hybridized carbons (Fsp3) is 0.733. The van der Waals surface area contributed by atoms with Crippen molar-refractivity contribution in [2.75, 3.05) is 31.2 Å². The second-order valence-corrected chi connectivity index (χ2v) is 12.6. The van der Waals surface area contributed by atoms with Gasteiger partial charge in [-0.25, -0.2) is 9.78 Å². The Balaban J connectivity index is 1.85. The van der Waals surface area contributed by atoms with E-state index >= 15 is 0 Å². The van der Waals surface area contributed by atoms with E-state index in [4.69, 9.17) is 9.47 Å². The van der Waals surface area contributed by atoms with E-state index in [0.29, 0.717) is 31.4 Å². The molecule has 1 aromatic rings. The fourth-order valence-electron chi connectivity index (χ4n) is 4.78. The molecular formula is C30H48N4O5. The minimum absolute atomic E-state index is 0.0931. The van der Waals surface area contributed by atoms with Gasteiger partial charge in [0, 0.05) is 31.9 Å². The van der Waals surface area contributed by atoms with Crippen molar-refractivity contribution in [1.82, 2.24) is 15.2 Å². The highest BCUT2D eigenvalue weighted by Gasteiger charge is 2.44. The van der Waals surface area contributed by atoms with Crippen molar-refractivity contribution in [1.29, 1.82) is 0 Å². The molecule has 0 aromatic carbocycles. The lowest BCUT2D eigenvalue weighted by Gasteiger charge is -2.39. The molecule has 0 bridgehead atoms. The van der Waals surface area contributed by atoms with Gasteiger partial charge in [0.1, 0.15) is 11.4 Å². The van der Waals surface area contributed by atoms with Crippen molar-refractivity contribution < 1.29 is 23.9 Å². The first-order chi connectivity index (χ1) is 18.3. The van der Waals surface area contributed by atoms with Crippen molar-refractivity contribution in [2.24, 2.45) is 17.8 Å². The van der Waals surface area contributed by atoms with Crippen LogP contribution in [0.5, 0.6) is 0 Å². The summed E-state index contributed by atoms with van der Waals surface area (Å²) in [6.07, 6.45) is 3.51. The lowest BCUT2D eigenvalue weighted by molar-refractivity contribution is -0.131. The number of amides is 3. The molecule has 9 nitrogen and oxygen atoms in total. The maximum absolute atomic E-state index is 14.0. The predicted molar refractivity (Wildman–Crippen MR) is 151 cm³/mol. The molecule has 0 spiro atoms.